The lowest BCUT2D eigenvalue weighted by Crippen LogP contribution is -2.50. The van der Waals surface area contributed by atoms with E-state index in [1.54, 1.807) is 4.90 Å². The molecule has 12 nitrogen and oxygen atoms in total. The molecule has 2 aromatic rings. The highest BCUT2D eigenvalue weighted by Crippen LogP contribution is 2.25. The van der Waals surface area contributed by atoms with Crippen LogP contribution in [0.5, 0.6) is 0 Å². The zero-order valence-corrected chi connectivity index (χ0v) is 26.0. The summed E-state index contributed by atoms with van der Waals surface area (Å²) in [4.78, 5) is 29.5. The molecule has 41 heavy (non-hydrogen) atoms. The van der Waals surface area contributed by atoms with E-state index in [1.807, 2.05) is 20.8 Å². The van der Waals surface area contributed by atoms with Crippen molar-refractivity contribution < 1.29 is 23.1 Å². The predicted molar refractivity (Wildman–Crippen MR) is 161 cm³/mol. The van der Waals surface area contributed by atoms with Crippen LogP contribution in [0.15, 0.2) is 24.3 Å². The fraction of sp³-hybridized carbons (Fsp3) is 0.643. The van der Waals surface area contributed by atoms with Gasteiger partial charge >= 0.3 is 6.09 Å². The summed E-state index contributed by atoms with van der Waals surface area (Å²) in [6.07, 6.45) is 1.92. The molecule has 1 amide bonds. The molecule has 3 N–H and O–H groups in total. The summed E-state index contributed by atoms with van der Waals surface area (Å²) in [5, 5.41) is 12.9. The number of nitrogens with one attached hydrogen (secondary N) is 2. The minimum Gasteiger partial charge on any atom is -0.444 e. The van der Waals surface area contributed by atoms with Crippen LogP contribution in [0.3, 0.4) is 0 Å². The molecule has 0 spiro atoms. The molecule has 1 aromatic heterocycles. The number of aromatic nitrogens is 3. The molecule has 1 saturated heterocycles. The lowest BCUT2D eigenvalue weighted by molar-refractivity contribution is 0.0240. The number of aliphatic hydroxyl groups excluding tert-OH is 1. The van der Waals surface area contributed by atoms with Gasteiger partial charge in [0.2, 0.25) is 21.9 Å². The van der Waals surface area contributed by atoms with E-state index in [0.717, 1.165) is 30.6 Å². The molecule has 1 unspecified atom stereocenters. The first-order valence-electron chi connectivity index (χ1n) is 14.0. The van der Waals surface area contributed by atoms with E-state index < -0.39 is 15.6 Å². The van der Waals surface area contributed by atoms with Gasteiger partial charge in [-0.15, -0.1) is 0 Å². The Bertz CT molecular complexity index is 1260. The summed E-state index contributed by atoms with van der Waals surface area (Å²) in [6.45, 7) is 14.3. The average molecular weight is 592 g/mol. The number of carbonyl (C=O) groups is 1. The molecule has 1 aliphatic rings. The van der Waals surface area contributed by atoms with E-state index >= 15 is 0 Å². The van der Waals surface area contributed by atoms with Crippen molar-refractivity contribution in [2.24, 2.45) is 5.92 Å². The van der Waals surface area contributed by atoms with Gasteiger partial charge in [-0.25, -0.2) is 13.2 Å². The number of piperazine rings is 1. The number of benzene rings is 1. The lowest BCUT2D eigenvalue weighted by atomic mass is 9.97. The summed E-state index contributed by atoms with van der Waals surface area (Å²) in [5.74, 6) is 0.970. The molecule has 0 bridgehead atoms. The number of rotatable bonds is 11. The average Bonchev–Trinajstić information content (AvgIpc) is 2.86. The molecule has 1 aliphatic heterocycles. The maximum atomic E-state index is 12.4. The smallest absolute Gasteiger partial charge is 0.410 e. The monoisotopic (exact) mass is 591 g/mol. The van der Waals surface area contributed by atoms with Crippen LogP contribution in [0.2, 0.25) is 0 Å². The van der Waals surface area contributed by atoms with Crippen LogP contribution in [-0.4, -0.2) is 90.2 Å². The van der Waals surface area contributed by atoms with Gasteiger partial charge in [0, 0.05) is 38.3 Å². The first-order valence-corrected chi connectivity index (χ1v) is 15.9. The molecular formula is C28H45N7O5S. The van der Waals surface area contributed by atoms with Crippen molar-refractivity contribution in [3.63, 3.8) is 0 Å². The molecule has 0 saturated carbocycles. The molecule has 228 valence electrons. The highest BCUT2D eigenvalue weighted by Gasteiger charge is 2.26. The Kier molecular flexibility index (Phi) is 10.8. The van der Waals surface area contributed by atoms with E-state index in [-0.39, 0.29) is 36.6 Å². The number of hydrogen-bond donors (Lipinski definition) is 3. The van der Waals surface area contributed by atoms with Gasteiger partial charge in [0.25, 0.3) is 0 Å². The van der Waals surface area contributed by atoms with E-state index in [2.05, 4.69) is 74.9 Å². The second kappa shape index (κ2) is 13.6. The van der Waals surface area contributed by atoms with Gasteiger partial charge in [0.1, 0.15) is 11.4 Å². The van der Waals surface area contributed by atoms with Gasteiger partial charge in [-0.3, -0.25) is 4.72 Å². The van der Waals surface area contributed by atoms with Crippen molar-refractivity contribution in [2.45, 2.75) is 71.9 Å². The topological polar surface area (TPSA) is 150 Å². The van der Waals surface area contributed by atoms with Crippen molar-refractivity contribution in [3.8, 4) is 0 Å². The highest BCUT2D eigenvalue weighted by atomic mass is 32.2. The first kappa shape index (κ1) is 32.3. The summed E-state index contributed by atoms with van der Waals surface area (Å²) in [5.41, 5.74) is 1.65. The van der Waals surface area contributed by atoms with Crippen LogP contribution in [-0.2, 0) is 21.2 Å². The van der Waals surface area contributed by atoms with Crippen LogP contribution in [0.4, 0.5) is 22.4 Å². The number of anilines is 3. The quantitative estimate of drug-likeness (QED) is 0.354. The highest BCUT2D eigenvalue weighted by molar-refractivity contribution is 7.91. The zero-order chi connectivity index (χ0) is 30.4. The second-order valence-corrected chi connectivity index (χ2v) is 13.8. The Morgan fingerprint density at radius 1 is 1.02 bits per heavy atom. The number of sulfonamides is 1. The third-order valence-corrected chi connectivity index (χ3v) is 7.07. The van der Waals surface area contributed by atoms with Crippen LogP contribution in [0.25, 0.3) is 0 Å². The standard InChI is InChI=1S/C28H45N7O5S/c1-19(2)16-22(18-36)29-25-30-24(31-26(32-25)33-41(7,38)39)17-20(3)21-8-10-23(11-9-21)34-12-14-35(15-13-34)27(37)40-28(4,5)6/h8-11,19-20,22,36H,12-18H2,1-7H3,(H2,29,30,31,32,33)/t20?,22-/m1/s1. The fourth-order valence-electron chi connectivity index (χ4n) is 4.60. The molecule has 13 heteroatoms. The summed E-state index contributed by atoms with van der Waals surface area (Å²) >= 11 is 0. The summed E-state index contributed by atoms with van der Waals surface area (Å²) in [6, 6.07) is 8.02. The Labute approximate surface area is 244 Å². The molecule has 0 aliphatic carbocycles. The third-order valence-electron chi connectivity index (χ3n) is 6.52. The van der Waals surface area contributed by atoms with Gasteiger partial charge in [-0.05, 0) is 56.7 Å². The van der Waals surface area contributed by atoms with Crippen LogP contribution in [0.1, 0.15) is 65.3 Å². The number of aliphatic hydroxyl groups is 1. The van der Waals surface area contributed by atoms with Gasteiger partial charge in [-0.1, -0.05) is 32.9 Å². The van der Waals surface area contributed by atoms with E-state index in [1.165, 1.54) is 0 Å². The molecule has 3 rings (SSSR count). The molecular weight excluding hydrogens is 546 g/mol. The lowest BCUT2D eigenvalue weighted by Gasteiger charge is -2.36. The van der Waals surface area contributed by atoms with E-state index in [9.17, 15) is 18.3 Å². The summed E-state index contributed by atoms with van der Waals surface area (Å²) in [7, 11) is -3.59. The Morgan fingerprint density at radius 2 is 1.63 bits per heavy atom. The Morgan fingerprint density at radius 3 is 2.17 bits per heavy atom. The predicted octanol–water partition coefficient (Wildman–Crippen LogP) is 3.47. The van der Waals surface area contributed by atoms with Crippen molar-refractivity contribution in [1.82, 2.24) is 19.9 Å². The first-order chi connectivity index (χ1) is 19.1. The van der Waals surface area contributed by atoms with Gasteiger partial charge < -0.3 is 25.0 Å². The van der Waals surface area contributed by atoms with Crippen LogP contribution in [0, 0.1) is 5.92 Å². The summed E-state index contributed by atoms with van der Waals surface area (Å²) < 4.78 is 31.5. The van der Waals surface area contributed by atoms with Gasteiger partial charge in [-0.2, -0.15) is 15.0 Å². The van der Waals surface area contributed by atoms with Gasteiger partial charge in [0.15, 0.2) is 0 Å². The zero-order valence-electron chi connectivity index (χ0n) is 25.2. The van der Waals surface area contributed by atoms with Crippen molar-refractivity contribution in [2.75, 3.05) is 54.0 Å². The Balaban J connectivity index is 1.68. The van der Waals surface area contributed by atoms with E-state index in [4.69, 9.17) is 4.74 Å². The molecule has 2 heterocycles. The second-order valence-electron chi connectivity index (χ2n) is 12.1. The number of amides is 1. The molecule has 1 fully saturated rings. The SMILES string of the molecule is CC(C)C[C@H](CO)Nc1nc(CC(C)c2ccc(N3CCN(C(=O)OC(C)(C)C)CC3)cc2)nc(NS(C)(=O)=O)n1. The van der Waals surface area contributed by atoms with Crippen molar-refractivity contribution in [1.29, 1.82) is 0 Å². The van der Waals surface area contributed by atoms with Crippen molar-refractivity contribution in [3.05, 3.63) is 35.7 Å². The van der Waals surface area contributed by atoms with Gasteiger partial charge in [0.05, 0.1) is 18.9 Å². The fourth-order valence-corrected chi connectivity index (χ4v) is 5.02. The molecule has 0 radical (unpaired) electrons. The molecule has 2 atom stereocenters. The minimum absolute atomic E-state index is 0.0405. The largest absolute Gasteiger partial charge is 0.444 e. The normalized spacial score (nSPS) is 15.9. The number of nitrogens with zero attached hydrogens (tertiary/aromatic N) is 5. The maximum Gasteiger partial charge on any atom is 0.410 e. The minimum atomic E-state index is -3.59. The number of hydrogen-bond acceptors (Lipinski definition) is 10. The Hall–Kier alpha value is -3.19. The molecule has 1 aromatic carbocycles. The number of carbonyl (C=O) groups excluding carboxylic acids is 1. The van der Waals surface area contributed by atoms with Crippen molar-refractivity contribution >= 4 is 33.7 Å². The van der Waals surface area contributed by atoms with E-state index in [0.29, 0.717) is 37.7 Å². The van der Waals surface area contributed by atoms with Crippen LogP contribution < -0.4 is 14.9 Å². The third kappa shape index (κ3) is 10.6. The maximum absolute atomic E-state index is 12.4. The number of ether oxygens (including phenoxy) is 1. The van der Waals surface area contributed by atoms with Crippen LogP contribution >= 0.6 is 0 Å².